The molecule has 8 heteroatoms. The van der Waals surface area contributed by atoms with Crippen molar-refractivity contribution < 1.29 is 4.79 Å². The number of hydrazine groups is 1. The number of nitrogens with zero attached hydrogens (tertiary/aromatic N) is 2. The lowest BCUT2D eigenvalue weighted by molar-refractivity contribution is 0.102. The molecule has 0 saturated carbocycles. The van der Waals surface area contributed by atoms with E-state index in [-0.39, 0.29) is 5.91 Å². The predicted molar refractivity (Wildman–Crippen MR) is 83.9 cm³/mol. The van der Waals surface area contributed by atoms with Gasteiger partial charge >= 0.3 is 0 Å². The van der Waals surface area contributed by atoms with Gasteiger partial charge in [0.2, 0.25) is 0 Å². The number of nitrogen functional groups attached to an aromatic ring is 1. The molecule has 2 aromatic heterocycles. The molecule has 106 valence electrons. The largest absolute Gasteiger partial charge is 0.308 e. The maximum atomic E-state index is 12.3. The fourth-order valence-corrected chi connectivity index (χ4v) is 2.93. The van der Waals surface area contributed by atoms with E-state index >= 15 is 0 Å². The Morgan fingerprint density at radius 1 is 1.55 bits per heavy atom. The molecule has 2 rings (SSSR count). The zero-order chi connectivity index (χ0) is 14.7. The van der Waals surface area contributed by atoms with Crippen LogP contribution in [0.15, 0.2) is 16.7 Å². The molecular formula is C12H14BrN5OS. The van der Waals surface area contributed by atoms with E-state index in [9.17, 15) is 4.79 Å². The van der Waals surface area contributed by atoms with Crippen molar-refractivity contribution in [3.05, 3.63) is 32.9 Å². The fraction of sp³-hybridized carbons (Fsp3) is 0.250. The van der Waals surface area contributed by atoms with Crippen LogP contribution in [0.3, 0.4) is 0 Å². The minimum absolute atomic E-state index is 0.303. The number of nitrogens with one attached hydrogen (secondary N) is 2. The number of carbonyl (C=O) groups excluding carboxylic acids is 1. The van der Waals surface area contributed by atoms with Gasteiger partial charge in [-0.25, -0.2) is 15.8 Å². The summed E-state index contributed by atoms with van der Waals surface area (Å²) in [4.78, 5) is 21.8. The average Bonchev–Trinajstić information content (AvgIpc) is 2.78. The number of nitrogens with two attached hydrogens (primary N) is 1. The van der Waals surface area contributed by atoms with Crippen molar-refractivity contribution >= 4 is 44.1 Å². The third kappa shape index (κ3) is 3.14. The van der Waals surface area contributed by atoms with E-state index in [0.717, 1.165) is 17.0 Å². The van der Waals surface area contributed by atoms with Crippen molar-refractivity contribution in [3.8, 4) is 0 Å². The number of thiazole rings is 1. The minimum Gasteiger partial charge on any atom is -0.308 e. The highest BCUT2D eigenvalue weighted by molar-refractivity contribution is 9.10. The zero-order valence-corrected chi connectivity index (χ0v) is 13.4. The highest BCUT2D eigenvalue weighted by Gasteiger charge is 2.15. The average molecular weight is 356 g/mol. The van der Waals surface area contributed by atoms with E-state index in [1.165, 1.54) is 11.3 Å². The molecular weight excluding hydrogens is 342 g/mol. The van der Waals surface area contributed by atoms with E-state index in [1.54, 1.807) is 12.3 Å². The Kier molecular flexibility index (Phi) is 4.69. The molecule has 0 atom stereocenters. The maximum absolute atomic E-state index is 12.3. The van der Waals surface area contributed by atoms with Crippen LogP contribution in [0.25, 0.3) is 0 Å². The predicted octanol–water partition coefficient (Wildman–Crippen LogP) is 2.71. The molecule has 0 radical (unpaired) electrons. The van der Waals surface area contributed by atoms with Crippen LogP contribution >= 0.6 is 27.3 Å². The summed E-state index contributed by atoms with van der Waals surface area (Å²) in [5.74, 6) is 5.37. The Morgan fingerprint density at radius 3 is 2.90 bits per heavy atom. The van der Waals surface area contributed by atoms with Gasteiger partial charge in [-0.2, -0.15) is 0 Å². The van der Waals surface area contributed by atoms with Crippen LogP contribution in [-0.4, -0.2) is 15.9 Å². The second-order valence-electron chi connectivity index (χ2n) is 4.02. The van der Waals surface area contributed by atoms with Crippen molar-refractivity contribution in [2.45, 2.75) is 20.3 Å². The van der Waals surface area contributed by atoms with Crippen LogP contribution in [0.5, 0.6) is 0 Å². The van der Waals surface area contributed by atoms with E-state index < -0.39 is 0 Å². The summed E-state index contributed by atoms with van der Waals surface area (Å²) in [6.07, 6.45) is 2.40. The molecule has 0 aromatic carbocycles. The number of carbonyl (C=O) groups is 1. The Hall–Kier alpha value is -1.51. The normalized spacial score (nSPS) is 10.4. The summed E-state index contributed by atoms with van der Waals surface area (Å²) in [7, 11) is 0. The SMILES string of the molecule is CCc1nc(NC(=O)c2cc(Br)cnc2NN)sc1C. The Morgan fingerprint density at radius 2 is 2.30 bits per heavy atom. The van der Waals surface area contributed by atoms with Gasteiger partial charge in [0.05, 0.1) is 11.3 Å². The molecule has 2 heterocycles. The molecule has 0 spiro atoms. The van der Waals surface area contributed by atoms with Crippen molar-refractivity contribution in [1.29, 1.82) is 0 Å². The molecule has 0 fully saturated rings. The first kappa shape index (κ1) is 14.9. The third-order valence-corrected chi connectivity index (χ3v) is 4.05. The Labute approximate surface area is 128 Å². The maximum Gasteiger partial charge on any atom is 0.261 e. The second-order valence-corrected chi connectivity index (χ2v) is 6.14. The molecule has 0 aliphatic rings. The molecule has 6 nitrogen and oxygen atoms in total. The van der Waals surface area contributed by atoms with Crippen LogP contribution in [0.1, 0.15) is 27.9 Å². The first-order valence-electron chi connectivity index (χ1n) is 5.95. The van der Waals surface area contributed by atoms with Crippen LogP contribution in [-0.2, 0) is 6.42 Å². The Bertz CT molecular complexity index is 643. The summed E-state index contributed by atoms with van der Waals surface area (Å²) >= 11 is 4.73. The monoisotopic (exact) mass is 355 g/mol. The van der Waals surface area contributed by atoms with Gasteiger partial charge in [-0.15, -0.1) is 11.3 Å². The third-order valence-electron chi connectivity index (χ3n) is 2.68. The number of anilines is 2. The summed E-state index contributed by atoms with van der Waals surface area (Å²) in [6, 6.07) is 1.65. The lowest BCUT2D eigenvalue weighted by Gasteiger charge is -2.07. The smallest absolute Gasteiger partial charge is 0.261 e. The molecule has 0 saturated heterocycles. The molecule has 0 bridgehead atoms. The van der Waals surface area contributed by atoms with Crippen molar-refractivity contribution in [2.75, 3.05) is 10.7 Å². The van der Waals surface area contributed by atoms with Crippen molar-refractivity contribution in [1.82, 2.24) is 9.97 Å². The minimum atomic E-state index is -0.303. The molecule has 2 aromatic rings. The number of aromatic nitrogens is 2. The van der Waals surface area contributed by atoms with E-state index in [0.29, 0.717) is 21.0 Å². The van der Waals surface area contributed by atoms with Crippen LogP contribution < -0.4 is 16.6 Å². The van der Waals surface area contributed by atoms with Crippen LogP contribution in [0.4, 0.5) is 10.9 Å². The summed E-state index contributed by atoms with van der Waals surface area (Å²) in [6.45, 7) is 4.02. The lowest BCUT2D eigenvalue weighted by Crippen LogP contribution is -2.18. The molecule has 20 heavy (non-hydrogen) atoms. The molecule has 0 aliphatic heterocycles. The highest BCUT2D eigenvalue weighted by atomic mass is 79.9. The van der Waals surface area contributed by atoms with Gasteiger partial charge in [-0.3, -0.25) is 10.1 Å². The van der Waals surface area contributed by atoms with Gasteiger partial charge in [-0.05, 0) is 35.3 Å². The van der Waals surface area contributed by atoms with Gasteiger partial charge in [0.25, 0.3) is 5.91 Å². The van der Waals surface area contributed by atoms with Gasteiger partial charge in [0, 0.05) is 15.5 Å². The van der Waals surface area contributed by atoms with Gasteiger partial charge in [-0.1, -0.05) is 6.92 Å². The summed E-state index contributed by atoms with van der Waals surface area (Å²) < 4.78 is 0.700. The number of pyridine rings is 1. The molecule has 0 unspecified atom stereocenters. The number of amides is 1. The summed E-state index contributed by atoms with van der Waals surface area (Å²) in [5, 5.41) is 3.34. The number of hydrogen-bond donors (Lipinski definition) is 3. The van der Waals surface area contributed by atoms with E-state index in [4.69, 9.17) is 5.84 Å². The number of halogens is 1. The first-order valence-corrected chi connectivity index (χ1v) is 7.56. The number of hydrogen-bond acceptors (Lipinski definition) is 6. The fourth-order valence-electron chi connectivity index (χ4n) is 1.70. The molecule has 0 aliphatic carbocycles. The Balaban J connectivity index is 2.25. The quantitative estimate of drug-likeness (QED) is 0.579. The van der Waals surface area contributed by atoms with Gasteiger partial charge in [0.1, 0.15) is 0 Å². The van der Waals surface area contributed by atoms with Gasteiger partial charge < -0.3 is 5.43 Å². The molecule has 4 N–H and O–H groups in total. The topological polar surface area (TPSA) is 92.9 Å². The van der Waals surface area contributed by atoms with E-state index in [1.807, 2.05) is 13.8 Å². The van der Waals surface area contributed by atoms with Gasteiger partial charge in [0.15, 0.2) is 10.9 Å². The van der Waals surface area contributed by atoms with E-state index in [2.05, 4.69) is 36.6 Å². The zero-order valence-electron chi connectivity index (χ0n) is 11.0. The second kappa shape index (κ2) is 6.29. The number of aryl methyl sites for hydroxylation is 2. The van der Waals surface area contributed by atoms with Crippen molar-refractivity contribution in [3.63, 3.8) is 0 Å². The molecule has 1 amide bonds. The van der Waals surface area contributed by atoms with Crippen LogP contribution in [0, 0.1) is 6.92 Å². The summed E-state index contributed by atoms with van der Waals surface area (Å²) in [5.41, 5.74) is 3.76. The van der Waals surface area contributed by atoms with Crippen LogP contribution in [0.2, 0.25) is 0 Å². The lowest BCUT2D eigenvalue weighted by atomic mass is 10.2. The first-order chi connectivity index (χ1) is 9.55. The van der Waals surface area contributed by atoms with Crippen molar-refractivity contribution in [2.24, 2.45) is 5.84 Å². The number of rotatable bonds is 4. The standard InChI is InChI=1S/C12H14BrN5OS/c1-3-9-6(2)20-12(16-9)17-11(19)8-4-7(13)5-15-10(8)18-14/h4-5H,3,14H2,1-2H3,(H,15,18)(H,16,17,19). The highest BCUT2D eigenvalue weighted by Crippen LogP contribution is 2.24.